The largest absolute Gasteiger partial charge is 0.309 e. The molecule has 0 saturated carbocycles. The molecule has 2 nitrogen and oxygen atoms in total. The van der Waals surface area contributed by atoms with Crippen molar-refractivity contribution in [1.29, 1.82) is 0 Å². The lowest BCUT2D eigenvalue weighted by Gasteiger charge is -2.39. The molecule has 108 heavy (non-hydrogen) atoms. The highest BCUT2D eigenvalue weighted by atomic mass is 15.0. The van der Waals surface area contributed by atoms with Crippen LogP contribution in [0.3, 0.4) is 0 Å². The van der Waals surface area contributed by atoms with Crippen LogP contribution in [-0.4, -0.2) is 9.13 Å². The van der Waals surface area contributed by atoms with E-state index in [4.69, 9.17) is 0 Å². The Morgan fingerprint density at radius 3 is 1.32 bits per heavy atom. The van der Waals surface area contributed by atoms with Crippen LogP contribution in [0.25, 0.3) is 165 Å². The molecule has 2 spiro atoms. The first-order chi connectivity index (χ1) is 53.6. The number of benzene rings is 18. The SMILES string of the molecule is c1ccc2c(c1)Cc1cccc3c4ccccc4n(c13)-c1ccccc1Cc1cccc(-c3cccc4c(-c5cccc6c5-c5c(ccc7ccccc57)C65c6ccccc6-c6ccccc65)c5cccc(-c6cccc7c6-c6ccccc6C76c7ccccc7-n7c8ccccc8c8cccc6c87)c5cc34)c1-2. The standard InChI is InChI=1S/C106H64N2/c1-4-31-68-63(26-1)58-59-92-101(68)102-83(46-25-52-91(102)105(92)86-47-11-6-33-72(86)73-34-7-12-48-87(73)105)99-78-41-21-38-70(76-40-19-29-66-61-65-28-3-15-54-94(65)107-95-55-16-9-35-74(95)80-44-20-30-67(103(80)107)60-64-27-2-5-32-69(64)98(66)76)84(78)62-85-71(39-22-42-79(85)99)77-43-23-51-90-100(77)82-37-8-13-49-88(82)106(90)89-50-14-18-57-97(89)108-96-56-17-10-36-75(96)81-45-24-53-93(106)104(81)108/h1-59,62H,60-61H2. The third-order valence-electron chi connectivity index (χ3n) is 25.8. The second-order valence-corrected chi connectivity index (χ2v) is 30.6. The predicted molar refractivity (Wildman–Crippen MR) is 449 cm³/mol. The Kier molecular flexibility index (Phi) is 11.7. The maximum Gasteiger partial charge on any atom is 0.0754 e. The molecule has 3 aliphatic carbocycles. The molecule has 0 N–H and O–H groups in total. The van der Waals surface area contributed by atoms with Crippen LogP contribution in [0.4, 0.5) is 0 Å². The van der Waals surface area contributed by atoms with E-state index < -0.39 is 10.8 Å². The van der Waals surface area contributed by atoms with E-state index in [2.05, 4.69) is 373 Å². The monoisotopic (exact) mass is 1360 g/mol. The second-order valence-electron chi connectivity index (χ2n) is 30.6. The van der Waals surface area contributed by atoms with Crippen molar-refractivity contribution in [3.8, 4) is 89.3 Å². The molecule has 0 fully saturated rings. The van der Waals surface area contributed by atoms with E-state index in [-0.39, 0.29) is 0 Å². The average molecular weight is 1370 g/mol. The van der Waals surface area contributed by atoms with E-state index in [1.54, 1.807) is 0 Å². The van der Waals surface area contributed by atoms with E-state index in [1.807, 2.05) is 0 Å². The van der Waals surface area contributed by atoms with Crippen LogP contribution in [-0.2, 0) is 23.7 Å². The lowest BCUT2D eigenvalue weighted by molar-refractivity contribution is 0.748. The molecule has 498 valence electrons. The van der Waals surface area contributed by atoms with Crippen molar-refractivity contribution in [2.45, 2.75) is 23.7 Å². The van der Waals surface area contributed by atoms with Gasteiger partial charge in [-0.1, -0.05) is 334 Å². The Morgan fingerprint density at radius 1 is 0.185 bits per heavy atom. The minimum absolute atomic E-state index is 0.580. The minimum atomic E-state index is -0.631. The van der Waals surface area contributed by atoms with Crippen molar-refractivity contribution in [3.63, 3.8) is 0 Å². The van der Waals surface area contributed by atoms with Gasteiger partial charge in [0.25, 0.3) is 0 Å². The first-order valence-corrected chi connectivity index (χ1v) is 38.1. The third-order valence-corrected chi connectivity index (χ3v) is 25.8. The molecule has 1 atom stereocenters. The van der Waals surface area contributed by atoms with Crippen molar-refractivity contribution in [2.24, 2.45) is 0 Å². The van der Waals surface area contributed by atoms with Crippen LogP contribution in [0, 0.1) is 0 Å². The van der Waals surface area contributed by atoms with Crippen molar-refractivity contribution in [1.82, 2.24) is 9.13 Å². The van der Waals surface area contributed by atoms with E-state index in [0.717, 1.165) is 12.8 Å². The zero-order chi connectivity index (χ0) is 70.2. The Hall–Kier alpha value is -13.7. The molecule has 2 aliphatic heterocycles. The number of hydrogen-bond acceptors (Lipinski definition) is 0. The van der Waals surface area contributed by atoms with E-state index >= 15 is 0 Å². The number of para-hydroxylation sites is 6. The minimum Gasteiger partial charge on any atom is -0.309 e. The van der Waals surface area contributed by atoms with Gasteiger partial charge in [0.1, 0.15) is 0 Å². The Bertz CT molecular complexity index is 7410. The molecule has 5 aliphatic rings. The molecule has 0 saturated heterocycles. The molecule has 2 heteroatoms. The number of hydrogen-bond donors (Lipinski definition) is 0. The molecular weight excluding hydrogens is 1300 g/mol. The predicted octanol–water partition coefficient (Wildman–Crippen LogP) is 26.5. The van der Waals surface area contributed by atoms with Crippen LogP contribution >= 0.6 is 0 Å². The van der Waals surface area contributed by atoms with Gasteiger partial charge in [0, 0.05) is 40.1 Å². The van der Waals surface area contributed by atoms with Crippen LogP contribution in [0.1, 0.15) is 66.8 Å². The normalized spacial score (nSPS) is 14.9. The van der Waals surface area contributed by atoms with Gasteiger partial charge >= 0.3 is 0 Å². The topological polar surface area (TPSA) is 9.86 Å². The maximum atomic E-state index is 2.62. The summed E-state index contributed by atoms with van der Waals surface area (Å²) in [7, 11) is 0. The molecule has 0 amide bonds. The molecule has 1 unspecified atom stereocenters. The smallest absolute Gasteiger partial charge is 0.0754 e. The van der Waals surface area contributed by atoms with E-state index in [1.165, 1.54) is 232 Å². The molecule has 0 bridgehead atoms. The highest BCUT2D eigenvalue weighted by Gasteiger charge is 2.54. The zero-order valence-corrected chi connectivity index (χ0v) is 58.9. The number of fused-ring (bicyclic) bond motifs is 34. The molecular formula is C106H64N2. The number of rotatable bonds is 3. The summed E-state index contributed by atoms with van der Waals surface area (Å²) in [6.45, 7) is 0. The molecule has 20 aromatic rings. The van der Waals surface area contributed by atoms with E-state index in [0.29, 0.717) is 0 Å². The summed E-state index contributed by atoms with van der Waals surface area (Å²) >= 11 is 0. The lowest BCUT2D eigenvalue weighted by atomic mass is 9.65. The average Bonchev–Trinajstić information content (AvgIpc) is 1.49. The molecule has 4 heterocycles. The summed E-state index contributed by atoms with van der Waals surface area (Å²) in [5, 5.41) is 12.5. The fourth-order valence-electron chi connectivity index (χ4n) is 21.9. The summed E-state index contributed by atoms with van der Waals surface area (Å²) in [4.78, 5) is 0. The zero-order valence-electron chi connectivity index (χ0n) is 58.9. The van der Waals surface area contributed by atoms with Crippen molar-refractivity contribution in [3.05, 3.63) is 431 Å². The Balaban J connectivity index is 0.805. The van der Waals surface area contributed by atoms with Gasteiger partial charge in [-0.15, -0.1) is 0 Å². The van der Waals surface area contributed by atoms with Crippen molar-refractivity contribution >= 4 is 75.9 Å². The Morgan fingerprint density at radius 2 is 0.602 bits per heavy atom. The van der Waals surface area contributed by atoms with Gasteiger partial charge < -0.3 is 9.13 Å². The van der Waals surface area contributed by atoms with E-state index in [9.17, 15) is 0 Å². The fourth-order valence-corrected chi connectivity index (χ4v) is 21.9. The third kappa shape index (κ3) is 7.32. The number of aromatic nitrogens is 2. The molecule has 0 radical (unpaired) electrons. The van der Waals surface area contributed by atoms with Gasteiger partial charge in [-0.25, -0.2) is 0 Å². The van der Waals surface area contributed by atoms with Crippen molar-refractivity contribution < 1.29 is 0 Å². The summed E-state index contributed by atoms with van der Waals surface area (Å²) in [6, 6.07) is 141. The maximum absolute atomic E-state index is 2.62. The fraction of sp³-hybridized carbons (Fsp3) is 0.0377. The molecule has 2 aromatic heterocycles. The van der Waals surface area contributed by atoms with Gasteiger partial charge in [-0.2, -0.15) is 0 Å². The van der Waals surface area contributed by atoms with Crippen molar-refractivity contribution in [2.75, 3.05) is 0 Å². The highest BCUT2D eigenvalue weighted by molar-refractivity contribution is 6.24. The lowest BCUT2D eigenvalue weighted by Crippen LogP contribution is -2.33. The summed E-state index contributed by atoms with van der Waals surface area (Å²) in [5.41, 5.74) is 39.7. The highest BCUT2D eigenvalue weighted by Crippen LogP contribution is 2.67. The summed E-state index contributed by atoms with van der Waals surface area (Å²) in [6.07, 6.45) is 1.49. The summed E-state index contributed by atoms with van der Waals surface area (Å²) < 4.78 is 5.13. The first-order valence-electron chi connectivity index (χ1n) is 38.1. The quantitative estimate of drug-likeness (QED) is 0.156. The van der Waals surface area contributed by atoms with Crippen LogP contribution < -0.4 is 0 Å². The van der Waals surface area contributed by atoms with Crippen LogP contribution in [0.2, 0.25) is 0 Å². The van der Waals surface area contributed by atoms with Gasteiger partial charge in [0.15, 0.2) is 0 Å². The molecule has 25 rings (SSSR count). The van der Waals surface area contributed by atoms with Crippen LogP contribution in [0.15, 0.2) is 364 Å². The summed E-state index contributed by atoms with van der Waals surface area (Å²) in [5.74, 6) is 0. The first kappa shape index (κ1) is 58.7. The Labute approximate surface area is 624 Å². The van der Waals surface area contributed by atoms with Gasteiger partial charge in [0.05, 0.1) is 38.6 Å². The number of nitrogens with zero attached hydrogens (tertiary/aromatic N) is 2. The molecule has 18 aromatic carbocycles. The second kappa shape index (κ2) is 21.5. The van der Waals surface area contributed by atoms with Gasteiger partial charge in [-0.05, 0) is 207 Å². The van der Waals surface area contributed by atoms with Gasteiger partial charge in [-0.3, -0.25) is 0 Å². The van der Waals surface area contributed by atoms with Gasteiger partial charge in [0.2, 0.25) is 0 Å². The van der Waals surface area contributed by atoms with Crippen LogP contribution in [0.5, 0.6) is 0 Å².